The van der Waals surface area contributed by atoms with Gasteiger partial charge in [0.25, 0.3) is 0 Å². The van der Waals surface area contributed by atoms with E-state index < -0.39 is 0 Å². The maximum atomic E-state index is 11.0. The third kappa shape index (κ3) is 4.55. The molecule has 1 aromatic rings. The van der Waals surface area contributed by atoms with E-state index in [2.05, 4.69) is 5.32 Å². The lowest BCUT2D eigenvalue weighted by molar-refractivity contribution is -0.120. The van der Waals surface area contributed by atoms with E-state index in [1.165, 1.54) is 0 Å². The zero-order valence-electron chi connectivity index (χ0n) is 10.7. The molecule has 0 saturated carbocycles. The minimum absolute atomic E-state index is 0.0159. The van der Waals surface area contributed by atoms with Crippen molar-refractivity contribution >= 4 is 17.5 Å². The van der Waals surface area contributed by atoms with Crippen molar-refractivity contribution in [3.8, 4) is 5.75 Å². The molecule has 100 valence electrons. The highest BCUT2D eigenvalue weighted by atomic mass is 35.5. The van der Waals surface area contributed by atoms with Crippen LogP contribution in [0.25, 0.3) is 0 Å². The fraction of sp³-hybridized carbons (Fsp3) is 0.462. The Morgan fingerprint density at radius 1 is 1.56 bits per heavy atom. The molecule has 1 aromatic carbocycles. The molecule has 0 aliphatic carbocycles. The van der Waals surface area contributed by atoms with Crippen molar-refractivity contribution < 1.29 is 9.53 Å². The fourth-order valence-electron chi connectivity index (χ4n) is 1.55. The second-order valence-corrected chi connectivity index (χ2v) is 4.53. The van der Waals surface area contributed by atoms with Gasteiger partial charge in [0.2, 0.25) is 5.91 Å². The normalized spacial score (nSPS) is 12.0. The summed E-state index contributed by atoms with van der Waals surface area (Å²) in [4.78, 5) is 11.0. The van der Waals surface area contributed by atoms with Gasteiger partial charge in [0.15, 0.2) is 0 Å². The minimum atomic E-state index is -0.141. The molecule has 0 aliphatic rings. The van der Waals surface area contributed by atoms with Crippen LogP contribution in [0, 0.1) is 0 Å². The first-order valence-corrected chi connectivity index (χ1v) is 6.30. The van der Waals surface area contributed by atoms with Crippen molar-refractivity contribution in [2.75, 3.05) is 13.7 Å². The van der Waals surface area contributed by atoms with Gasteiger partial charge in [0, 0.05) is 30.1 Å². The molecule has 0 fully saturated rings. The Balaban J connectivity index is 2.54. The summed E-state index contributed by atoms with van der Waals surface area (Å²) in [7, 11) is 1.62. The standard InChI is InChI=1S/C13H19ClN2O2/c1-9(15)11-8-10(14)5-6-12(11)18-7-3-4-13(17)16-2/h5-6,8-9H,3-4,7,15H2,1-2H3,(H,16,17). The number of benzene rings is 1. The number of hydrogen-bond acceptors (Lipinski definition) is 3. The molecule has 5 heteroatoms. The first-order valence-electron chi connectivity index (χ1n) is 5.93. The monoisotopic (exact) mass is 270 g/mol. The molecule has 1 amide bonds. The lowest BCUT2D eigenvalue weighted by Gasteiger charge is -2.14. The number of carbonyl (C=O) groups is 1. The largest absolute Gasteiger partial charge is 0.493 e. The molecular formula is C13H19ClN2O2. The van der Waals surface area contributed by atoms with Crippen LogP contribution < -0.4 is 15.8 Å². The highest BCUT2D eigenvalue weighted by molar-refractivity contribution is 6.30. The molecule has 0 heterocycles. The SMILES string of the molecule is CNC(=O)CCCOc1ccc(Cl)cc1C(C)N. The van der Waals surface area contributed by atoms with Crippen LogP contribution in [0.2, 0.25) is 5.02 Å². The Hall–Kier alpha value is -1.26. The number of hydrogen-bond donors (Lipinski definition) is 2. The molecule has 0 spiro atoms. The minimum Gasteiger partial charge on any atom is -0.493 e. The Labute approximate surface area is 112 Å². The Kier molecular flexibility index (Phi) is 5.95. The zero-order chi connectivity index (χ0) is 13.5. The summed E-state index contributed by atoms with van der Waals surface area (Å²) in [5.74, 6) is 0.744. The van der Waals surface area contributed by atoms with Crippen LogP contribution in [-0.4, -0.2) is 19.6 Å². The number of halogens is 1. The van der Waals surface area contributed by atoms with Crippen LogP contribution in [0.3, 0.4) is 0 Å². The summed E-state index contributed by atoms with van der Waals surface area (Å²) in [5.41, 5.74) is 6.73. The van der Waals surface area contributed by atoms with Crippen LogP contribution >= 0.6 is 11.6 Å². The fourth-order valence-corrected chi connectivity index (χ4v) is 1.73. The van der Waals surface area contributed by atoms with E-state index in [0.717, 1.165) is 11.3 Å². The summed E-state index contributed by atoms with van der Waals surface area (Å²) < 4.78 is 5.63. The van der Waals surface area contributed by atoms with Gasteiger partial charge in [-0.3, -0.25) is 4.79 Å². The number of nitrogens with two attached hydrogens (primary N) is 1. The molecule has 0 radical (unpaired) electrons. The number of amides is 1. The van der Waals surface area contributed by atoms with E-state index in [-0.39, 0.29) is 11.9 Å². The molecular weight excluding hydrogens is 252 g/mol. The van der Waals surface area contributed by atoms with Crippen molar-refractivity contribution in [1.29, 1.82) is 0 Å². The van der Waals surface area contributed by atoms with Gasteiger partial charge in [0.05, 0.1) is 6.61 Å². The highest BCUT2D eigenvalue weighted by Gasteiger charge is 2.09. The van der Waals surface area contributed by atoms with E-state index in [4.69, 9.17) is 22.1 Å². The zero-order valence-corrected chi connectivity index (χ0v) is 11.5. The predicted octanol–water partition coefficient (Wildman–Crippen LogP) is 2.26. The maximum Gasteiger partial charge on any atom is 0.219 e. The molecule has 0 saturated heterocycles. The Morgan fingerprint density at radius 2 is 2.28 bits per heavy atom. The smallest absolute Gasteiger partial charge is 0.219 e. The van der Waals surface area contributed by atoms with Crippen LogP contribution in [0.1, 0.15) is 31.4 Å². The van der Waals surface area contributed by atoms with E-state index in [1.54, 1.807) is 25.2 Å². The van der Waals surface area contributed by atoms with Crippen molar-refractivity contribution in [1.82, 2.24) is 5.32 Å². The van der Waals surface area contributed by atoms with Gasteiger partial charge in [-0.25, -0.2) is 0 Å². The topological polar surface area (TPSA) is 64.3 Å². The van der Waals surface area contributed by atoms with Gasteiger partial charge in [0.1, 0.15) is 5.75 Å². The predicted molar refractivity (Wildman–Crippen MR) is 72.9 cm³/mol. The van der Waals surface area contributed by atoms with Crippen LogP contribution in [0.4, 0.5) is 0 Å². The molecule has 0 bridgehead atoms. The third-order valence-corrected chi connectivity index (χ3v) is 2.78. The molecule has 0 aliphatic heterocycles. The van der Waals surface area contributed by atoms with E-state index in [1.807, 2.05) is 6.92 Å². The summed E-state index contributed by atoms with van der Waals surface area (Å²) in [6.45, 7) is 2.36. The van der Waals surface area contributed by atoms with Crippen LogP contribution in [-0.2, 0) is 4.79 Å². The molecule has 1 atom stereocenters. The van der Waals surface area contributed by atoms with Gasteiger partial charge in [-0.05, 0) is 31.5 Å². The van der Waals surface area contributed by atoms with E-state index >= 15 is 0 Å². The quantitative estimate of drug-likeness (QED) is 0.780. The summed E-state index contributed by atoms with van der Waals surface area (Å²) in [6.07, 6.45) is 1.12. The van der Waals surface area contributed by atoms with Crippen molar-refractivity contribution in [3.63, 3.8) is 0 Å². The lowest BCUT2D eigenvalue weighted by atomic mass is 10.1. The molecule has 0 aromatic heterocycles. The van der Waals surface area contributed by atoms with Gasteiger partial charge >= 0.3 is 0 Å². The molecule has 18 heavy (non-hydrogen) atoms. The maximum absolute atomic E-state index is 11.0. The first kappa shape index (κ1) is 14.8. The van der Waals surface area contributed by atoms with Crippen molar-refractivity contribution in [2.24, 2.45) is 5.73 Å². The highest BCUT2D eigenvalue weighted by Crippen LogP contribution is 2.27. The second-order valence-electron chi connectivity index (χ2n) is 4.10. The first-order chi connectivity index (χ1) is 8.54. The van der Waals surface area contributed by atoms with Crippen molar-refractivity contribution in [2.45, 2.75) is 25.8 Å². The van der Waals surface area contributed by atoms with Gasteiger partial charge in [-0.15, -0.1) is 0 Å². The van der Waals surface area contributed by atoms with Gasteiger partial charge < -0.3 is 15.8 Å². The summed E-state index contributed by atoms with van der Waals surface area (Å²) in [6, 6.07) is 5.24. The summed E-state index contributed by atoms with van der Waals surface area (Å²) in [5, 5.41) is 3.21. The van der Waals surface area contributed by atoms with Gasteiger partial charge in [-0.2, -0.15) is 0 Å². The molecule has 1 unspecified atom stereocenters. The van der Waals surface area contributed by atoms with Crippen molar-refractivity contribution in [3.05, 3.63) is 28.8 Å². The number of carbonyl (C=O) groups excluding carboxylic acids is 1. The van der Waals surface area contributed by atoms with Gasteiger partial charge in [-0.1, -0.05) is 11.6 Å². The third-order valence-electron chi connectivity index (χ3n) is 2.55. The van der Waals surface area contributed by atoms with E-state index in [9.17, 15) is 4.79 Å². The number of rotatable bonds is 6. The lowest BCUT2D eigenvalue weighted by Crippen LogP contribution is -2.18. The molecule has 1 rings (SSSR count). The molecule has 4 nitrogen and oxygen atoms in total. The van der Waals surface area contributed by atoms with Crippen LogP contribution in [0.5, 0.6) is 5.75 Å². The van der Waals surface area contributed by atoms with Crippen LogP contribution in [0.15, 0.2) is 18.2 Å². The second kappa shape index (κ2) is 7.24. The average Bonchev–Trinajstić information content (AvgIpc) is 2.35. The average molecular weight is 271 g/mol. The molecule has 3 N–H and O–H groups in total. The number of ether oxygens (including phenoxy) is 1. The number of nitrogens with one attached hydrogen (secondary N) is 1. The summed E-state index contributed by atoms with van der Waals surface area (Å²) >= 11 is 5.92. The Morgan fingerprint density at radius 3 is 2.89 bits per heavy atom. The Bertz CT molecular complexity index is 408. The van der Waals surface area contributed by atoms with E-state index in [0.29, 0.717) is 24.5 Å².